The summed E-state index contributed by atoms with van der Waals surface area (Å²) in [5.74, 6) is 2.65. The molecule has 7 rings (SSSR count). The maximum absolute atomic E-state index is 5.82. The third-order valence-electron chi connectivity index (χ3n) is 8.84. The van der Waals surface area contributed by atoms with Gasteiger partial charge in [-0.05, 0) is 61.6 Å². The molecule has 0 aliphatic carbocycles. The van der Waals surface area contributed by atoms with Crippen molar-refractivity contribution in [2.45, 2.75) is 32.4 Å². The van der Waals surface area contributed by atoms with E-state index in [9.17, 15) is 0 Å². The lowest BCUT2D eigenvalue weighted by Gasteiger charge is -2.32. The van der Waals surface area contributed by atoms with E-state index in [1.54, 1.807) is 14.2 Å². The van der Waals surface area contributed by atoms with Crippen LogP contribution in [0.3, 0.4) is 0 Å². The minimum absolute atomic E-state index is 0.0438. The van der Waals surface area contributed by atoms with Gasteiger partial charge in [-0.3, -0.25) is 4.98 Å². The van der Waals surface area contributed by atoms with E-state index in [2.05, 4.69) is 62.7 Å². The van der Waals surface area contributed by atoms with Gasteiger partial charge in [0.2, 0.25) is 0 Å². The maximum Gasteiger partial charge on any atom is 0.145 e. The van der Waals surface area contributed by atoms with Crippen LogP contribution in [0.1, 0.15) is 35.7 Å². The molecule has 2 aromatic carbocycles. The van der Waals surface area contributed by atoms with Gasteiger partial charge in [0.25, 0.3) is 0 Å². The fraction of sp³-hybridized carbons (Fsp3) is 0.314. The number of hydrogen-bond acceptors (Lipinski definition) is 8. The Morgan fingerprint density at radius 2 is 1.82 bits per heavy atom. The van der Waals surface area contributed by atoms with Crippen molar-refractivity contribution in [3.8, 4) is 22.8 Å². The zero-order chi connectivity index (χ0) is 30.9. The summed E-state index contributed by atoms with van der Waals surface area (Å²) in [6.45, 7) is 4.02. The van der Waals surface area contributed by atoms with E-state index in [1.165, 1.54) is 5.56 Å². The molecular weight excluding hydrogens is 566 g/mol. The fourth-order valence-electron chi connectivity index (χ4n) is 6.64. The van der Waals surface area contributed by atoms with Crippen molar-refractivity contribution in [3.05, 3.63) is 89.7 Å². The van der Waals surface area contributed by atoms with E-state index in [1.807, 2.05) is 49.1 Å². The lowest BCUT2D eigenvalue weighted by molar-refractivity contribution is 0.0552. The number of nitrogens with one attached hydrogen (secondary N) is 1. The number of benzene rings is 2. The predicted octanol–water partition coefficient (Wildman–Crippen LogP) is 6.33. The molecule has 10 heteroatoms. The number of anilines is 1. The first-order chi connectivity index (χ1) is 22.1. The highest BCUT2D eigenvalue weighted by Gasteiger charge is 2.31. The topological polar surface area (TPSA) is 101 Å². The highest BCUT2D eigenvalue weighted by Crippen LogP contribution is 2.41. The number of methoxy groups -OCH3 is 2. The first-order valence-corrected chi connectivity index (χ1v) is 15.3. The predicted molar refractivity (Wildman–Crippen MR) is 175 cm³/mol. The molecule has 45 heavy (non-hydrogen) atoms. The SMILES string of the molecule is COc1ccc(CNc2ccc3c4ncc(-c5c(C)nnn5C)cc4n([C@H](c4ccccc4)C4CCOCC4)c3n2)c(OC)c1. The Balaban J connectivity index is 1.40. The number of aromatic nitrogens is 6. The van der Waals surface area contributed by atoms with Crippen LogP contribution < -0.4 is 14.8 Å². The summed E-state index contributed by atoms with van der Waals surface area (Å²) >= 11 is 0. The molecule has 0 bridgehead atoms. The molecule has 1 aliphatic rings. The second kappa shape index (κ2) is 12.2. The van der Waals surface area contributed by atoms with Gasteiger partial charge in [-0.25, -0.2) is 9.67 Å². The number of rotatable bonds is 9. The number of aryl methyl sites for hydroxylation is 2. The number of nitrogens with zero attached hydrogens (tertiary/aromatic N) is 6. The molecule has 0 spiro atoms. The molecular formula is C35H37N7O3. The monoisotopic (exact) mass is 603 g/mol. The molecule has 1 aliphatic heterocycles. The van der Waals surface area contributed by atoms with Gasteiger partial charge in [-0.1, -0.05) is 35.5 Å². The van der Waals surface area contributed by atoms with E-state index in [0.717, 1.165) is 88.0 Å². The van der Waals surface area contributed by atoms with Crippen molar-refractivity contribution in [1.29, 1.82) is 0 Å². The largest absolute Gasteiger partial charge is 0.497 e. The second-order valence-corrected chi connectivity index (χ2v) is 11.5. The highest BCUT2D eigenvalue weighted by molar-refractivity contribution is 6.05. The summed E-state index contributed by atoms with van der Waals surface area (Å²) in [4.78, 5) is 10.3. The van der Waals surface area contributed by atoms with E-state index in [4.69, 9.17) is 24.2 Å². The Kier molecular flexibility index (Phi) is 7.81. The third-order valence-corrected chi connectivity index (χ3v) is 8.84. The standard InChI is InChI=1S/C35H37N7O3/c1-22-33(41(2)40-39-22)26-18-29-32(37-21-26)28-12-13-31(36-20-25-10-11-27(43-3)19-30(25)44-4)38-35(28)42(29)34(23-8-6-5-7-9-23)24-14-16-45-17-15-24/h5-13,18-19,21,24,34H,14-17,20H2,1-4H3,(H,36,38)/t34-/m1/s1. The van der Waals surface area contributed by atoms with E-state index >= 15 is 0 Å². The molecule has 1 N–H and O–H groups in total. The van der Waals surface area contributed by atoms with Crippen LogP contribution in [-0.4, -0.2) is 57.0 Å². The van der Waals surface area contributed by atoms with Crippen LogP contribution >= 0.6 is 0 Å². The molecule has 230 valence electrons. The summed E-state index contributed by atoms with van der Waals surface area (Å²) < 4.78 is 21.1. The lowest BCUT2D eigenvalue weighted by Crippen LogP contribution is -2.27. The van der Waals surface area contributed by atoms with Crippen molar-refractivity contribution in [2.75, 3.05) is 32.8 Å². The zero-order valence-electron chi connectivity index (χ0n) is 26.0. The van der Waals surface area contributed by atoms with Crippen LogP contribution in [0.15, 0.2) is 72.9 Å². The molecule has 0 radical (unpaired) electrons. The minimum Gasteiger partial charge on any atom is -0.497 e. The van der Waals surface area contributed by atoms with Crippen LogP contribution in [0.4, 0.5) is 5.82 Å². The van der Waals surface area contributed by atoms with Gasteiger partial charge in [0.1, 0.15) is 23.0 Å². The van der Waals surface area contributed by atoms with Gasteiger partial charge in [0, 0.05) is 55.6 Å². The van der Waals surface area contributed by atoms with Crippen molar-refractivity contribution in [1.82, 2.24) is 29.5 Å². The molecule has 0 amide bonds. The van der Waals surface area contributed by atoms with E-state index in [-0.39, 0.29) is 6.04 Å². The van der Waals surface area contributed by atoms with Crippen molar-refractivity contribution < 1.29 is 14.2 Å². The van der Waals surface area contributed by atoms with E-state index in [0.29, 0.717) is 12.5 Å². The van der Waals surface area contributed by atoms with Crippen LogP contribution in [-0.2, 0) is 18.3 Å². The molecule has 5 heterocycles. The normalized spacial score (nSPS) is 14.6. The lowest BCUT2D eigenvalue weighted by atomic mass is 9.86. The van der Waals surface area contributed by atoms with E-state index < -0.39 is 0 Å². The molecule has 1 fully saturated rings. The first-order valence-electron chi connectivity index (χ1n) is 15.3. The minimum atomic E-state index is 0.0438. The summed E-state index contributed by atoms with van der Waals surface area (Å²) in [5.41, 5.74) is 7.89. The second-order valence-electron chi connectivity index (χ2n) is 11.5. The molecule has 0 unspecified atom stereocenters. The van der Waals surface area contributed by atoms with Gasteiger partial charge < -0.3 is 24.1 Å². The summed E-state index contributed by atoms with van der Waals surface area (Å²) in [6.07, 6.45) is 3.85. The molecule has 6 aromatic rings. The summed E-state index contributed by atoms with van der Waals surface area (Å²) in [7, 11) is 5.24. The Labute approximate surface area is 262 Å². The third kappa shape index (κ3) is 5.35. The highest BCUT2D eigenvalue weighted by atomic mass is 16.5. The summed E-state index contributed by atoms with van der Waals surface area (Å²) in [5, 5.41) is 13.1. The smallest absolute Gasteiger partial charge is 0.145 e. The first kappa shape index (κ1) is 28.8. The van der Waals surface area contributed by atoms with Crippen molar-refractivity contribution in [2.24, 2.45) is 13.0 Å². The zero-order valence-corrected chi connectivity index (χ0v) is 26.0. The Bertz CT molecular complexity index is 1940. The Morgan fingerprint density at radius 1 is 1.00 bits per heavy atom. The van der Waals surface area contributed by atoms with Gasteiger partial charge in [0.05, 0.1) is 42.7 Å². The summed E-state index contributed by atoms with van der Waals surface area (Å²) in [6, 6.07) is 23.0. The molecule has 10 nitrogen and oxygen atoms in total. The number of hydrogen-bond donors (Lipinski definition) is 1. The number of fused-ring (bicyclic) bond motifs is 3. The van der Waals surface area contributed by atoms with Gasteiger partial charge in [0.15, 0.2) is 0 Å². The molecule has 0 saturated carbocycles. The average Bonchev–Trinajstić information content (AvgIpc) is 3.59. The Morgan fingerprint density at radius 3 is 2.56 bits per heavy atom. The fourth-order valence-corrected chi connectivity index (χ4v) is 6.64. The van der Waals surface area contributed by atoms with Gasteiger partial charge in [-0.2, -0.15) is 0 Å². The van der Waals surface area contributed by atoms with Crippen LogP contribution in [0.5, 0.6) is 11.5 Å². The Hall–Kier alpha value is -4.96. The molecule has 4 aromatic heterocycles. The van der Waals surface area contributed by atoms with Crippen molar-refractivity contribution >= 4 is 27.9 Å². The van der Waals surface area contributed by atoms with Crippen LogP contribution in [0.2, 0.25) is 0 Å². The molecule has 1 saturated heterocycles. The quantitative estimate of drug-likeness (QED) is 0.205. The van der Waals surface area contributed by atoms with Crippen LogP contribution in [0.25, 0.3) is 33.3 Å². The average molecular weight is 604 g/mol. The van der Waals surface area contributed by atoms with Crippen molar-refractivity contribution in [3.63, 3.8) is 0 Å². The number of ether oxygens (including phenoxy) is 3. The van der Waals surface area contributed by atoms with Gasteiger partial charge >= 0.3 is 0 Å². The van der Waals surface area contributed by atoms with Gasteiger partial charge in [-0.15, -0.1) is 5.10 Å². The number of pyridine rings is 2. The van der Waals surface area contributed by atoms with Crippen LogP contribution in [0, 0.1) is 12.8 Å². The molecule has 1 atom stereocenters. The maximum atomic E-state index is 5.82.